The van der Waals surface area contributed by atoms with E-state index in [4.69, 9.17) is 5.73 Å². The lowest BCUT2D eigenvalue weighted by Crippen LogP contribution is -1.94. The molecule has 7 heteroatoms. The Morgan fingerprint density at radius 2 is 1.95 bits per heavy atom. The van der Waals surface area contributed by atoms with Crippen molar-refractivity contribution >= 4 is 55.0 Å². The van der Waals surface area contributed by atoms with E-state index in [2.05, 4.69) is 31.9 Å². The molecule has 2 rings (SSSR count). The fraction of sp³-hybridized carbons (Fsp3) is 0.0769. The maximum atomic E-state index is 11.0. The second kappa shape index (κ2) is 6.60. The van der Waals surface area contributed by atoms with Crippen LogP contribution in [0.3, 0.4) is 0 Å². The molecule has 0 saturated carbocycles. The summed E-state index contributed by atoms with van der Waals surface area (Å²) in [4.78, 5) is 11.7. The zero-order chi connectivity index (χ0) is 14.7. The number of nitro benzene ring substituents is 1. The lowest BCUT2D eigenvalue weighted by atomic mass is 10.2. The number of hydrogen-bond donors (Lipinski definition) is 1. The summed E-state index contributed by atoms with van der Waals surface area (Å²) >= 11 is 8.21. The molecule has 0 fully saturated rings. The van der Waals surface area contributed by atoms with E-state index >= 15 is 0 Å². The van der Waals surface area contributed by atoms with E-state index in [9.17, 15) is 10.1 Å². The van der Waals surface area contributed by atoms with Crippen molar-refractivity contribution in [3.8, 4) is 0 Å². The molecule has 2 N–H and O–H groups in total. The van der Waals surface area contributed by atoms with Crippen LogP contribution in [0.5, 0.6) is 0 Å². The second-order valence-corrected chi connectivity index (χ2v) is 6.80. The van der Waals surface area contributed by atoms with Crippen molar-refractivity contribution in [2.45, 2.75) is 10.6 Å². The van der Waals surface area contributed by atoms with Gasteiger partial charge in [-0.2, -0.15) is 0 Å². The molecule has 0 radical (unpaired) electrons. The van der Waals surface area contributed by atoms with Gasteiger partial charge in [0.05, 0.1) is 4.92 Å². The number of benzene rings is 2. The van der Waals surface area contributed by atoms with Crippen molar-refractivity contribution in [3.05, 3.63) is 61.0 Å². The smallest absolute Gasteiger partial charge is 0.274 e. The molecule has 0 saturated heterocycles. The van der Waals surface area contributed by atoms with Gasteiger partial charge >= 0.3 is 0 Å². The van der Waals surface area contributed by atoms with E-state index in [1.54, 1.807) is 12.1 Å². The molecule has 4 nitrogen and oxygen atoms in total. The minimum absolute atomic E-state index is 0.124. The third kappa shape index (κ3) is 3.74. The minimum Gasteiger partial charge on any atom is -0.399 e. The van der Waals surface area contributed by atoms with Crippen LogP contribution in [0.15, 0.2) is 50.2 Å². The molecule has 20 heavy (non-hydrogen) atoms. The Morgan fingerprint density at radius 1 is 1.20 bits per heavy atom. The predicted octanol–water partition coefficient (Wildman–Crippen LogP) is 4.99. The standard InChI is InChI=1S/C13H10Br2N2O2S/c14-9-2-1-8(12(5-9)17(18)19)7-20-13-4-3-10(16)6-11(13)15/h1-6H,7,16H2. The summed E-state index contributed by atoms with van der Waals surface area (Å²) in [6.07, 6.45) is 0. The normalized spacial score (nSPS) is 10.5. The molecule has 0 aliphatic rings. The average Bonchev–Trinajstić information content (AvgIpc) is 2.38. The largest absolute Gasteiger partial charge is 0.399 e. The zero-order valence-corrected chi connectivity index (χ0v) is 14.2. The number of hydrogen-bond acceptors (Lipinski definition) is 4. The monoisotopic (exact) mass is 416 g/mol. The number of rotatable bonds is 4. The van der Waals surface area contributed by atoms with E-state index in [-0.39, 0.29) is 10.6 Å². The number of nitrogens with zero attached hydrogens (tertiary/aromatic N) is 1. The fourth-order valence-electron chi connectivity index (χ4n) is 1.62. The summed E-state index contributed by atoms with van der Waals surface area (Å²) in [5.74, 6) is 0.520. The van der Waals surface area contributed by atoms with E-state index in [1.807, 2.05) is 18.2 Å². The van der Waals surface area contributed by atoms with Gasteiger partial charge in [0.15, 0.2) is 0 Å². The predicted molar refractivity (Wildman–Crippen MR) is 88.9 cm³/mol. The Balaban J connectivity index is 2.20. The molecule has 0 aliphatic heterocycles. The minimum atomic E-state index is -0.362. The van der Waals surface area contributed by atoms with E-state index in [0.717, 1.165) is 9.37 Å². The quantitative estimate of drug-likeness (QED) is 0.329. The number of anilines is 1. The molecule has 0 aliphatic carbocycles. The van der Waals surface area contributed by atoms with Gasteiger partial charge < -0.3 is 5.73 Å². The van der Waals surface area contributed by atoms with Gasteiger partial charge in [0.1, 0.15) is 0 Å². The number of halogens is 2. The van der Waals surface area contributed by atoms with Crippen LogP contribution in [0.25, 0.3) is 0 Å². The van der Waals surface area contributed by atoms with Crippen molar-refractivity contribution in [2.75, 3.05) is 5.73 Å². The van der Waals surface area contributed by atoms with Crippen molar-refractivity contribution in [2.24, 2.45) is 0 Å². The Bertz CT molecular complexity index is 665. The first-order chi connectivity index (χ1) is 9.47. The average molecular weight is 418 g/mol. The van der Waals surface area contributed by atoms with Crippen LogP contribution >= 0.6 is 43.6 Å². The Morgan fingerprint density at radius 3 is 2.60 bits per heavy atom. The van der Waals surface area contributed by atoms with E-state index in [1.165, 1.54) is 17.8 Å². The van der Waals surface area contributed by atoms with Crippen molar-refractivity contribution in [1.29, 1.82) is 0 Å². The second-order valence-electron chi connectivity index (χ2n) is 4.01. The van der Waals surface area contributed by atoms with Gasteiger partial charge in [0, 0.05) is 36.9 Å². The summed E-state index contributed by atoms with van der Waals surface area (Å²) in [5, 5.41) is 11.0. The van der Waals surface area contributed by atoms with E-state index in [0.29, 0.717) is 21.5 Å². The van der Waals surface area contributed by atoms with Gasteiger partial charge in [-0.15, -0.1) is 11.8 Å². The van der Waals surface area contributed by atoms with Gasteiger partial charge in [-0.25, -0.2) is 0 Å². The van der Waals surface area contributed by atoms with Crippen molar-refractivity contribution in [3.63, 3.8) is 0 Å². The first-order valence-corrected chi connectivity index (χ1v) is 8.15. The number of nitrogen functional groups attached to an aromatic ring is 1. The Hall–Kier alpha value is -1.05. The lowest BCUT2D eigenvalue weighted by Gasteiger charge is -2.06. The van der Waals surface area contributed by atoms with Gasteiger partial charge in [0.2, 0.25) is 0 Å². The molecule has 0 atom stereocenters. The summed E-state index contributed by atoms with van der Waals surface area (Å²) in [6, 6.07) is 10.6. The SMILES string of the molecule is Nc1ccc(SCc2ccc(Br)cc2[N+](=O)[O-])c(Br)c1. The first kappa shape index (κ1) is 15.3. The van der Waals surface area contributed by atoms with Crippen LogP contribution in [0, 0.1) is 10.1 Å². The highest BCUT2D eigenvalue weighted by molar-refractivity contribution is 9.10. The number of nitrogens with two attached hydrogens (primary N) is 1. The molecule has 104 valence electrons. The van der Waals surface area contributed by atoms with Gasteiger partial charge in [-0.1, -0.05) is 22.0 Å². The van der Waals surface area contributed by atoms with Gasteiger partial charge in [-0.05, 0) is 40.2 Å². The van der Waals surface area contributed by atoms with Crippen LogP contribution in [0.2, 0.25) is 0 Å². The molecule has 0 heterocycles. The maximum absolute atomic E-state index is 11.0. The molecule has 2 aromatic carbocycles. The van der Waals surface area contributed by atoms with Crippen LogP contribution in [-0.2, 0) is 5.75 Å². The van der Waals surface area contributed by atoms with Gasteiger partial charge in [0.25, 0.3) is 5.69 Å². The first-order valence-electron chi connectivity index (χ1n) is 5.58. The molecular weight excluding hydrogens is 408 g/mol. The Kier molecular flexibility index (Phi) is 5.06. The fourth-order valence-corrected chi connectivity index (χ4v) is 3.62. The highest BCUT2D eigenvalue weighted by atomic mass is 79.9. The molecule has 0 spiro atoms. The summed E-state index contributed by atoms with van der Waals surface area (Å²) in [6.45, 7) is 0. The van der Waals surface area contributed by atoms with Crippen molar-refractivity contribution in [1.82, 2.24) is 0 Å². The number of nitro groups is 1. The maximum Gasteiger partial charge on any atom is 0.274 e. The van der Waals surface area contributed by atoms with Gasteiger partial charge in [-0.3, -0.25) is 10.1 Å². The van der Waals surface area contributed by atoms with Crippen LogP contribution < -0.4 is 5.73 Å². The summed E-state index contributed by atoms with van der Waals surface area (Å²) in [5.41, 5.74) is 7.17. The Labute approximate surface area is 137 Å². The molecular formula is C13H10Br2N2O2S. The zero-order valence-electron chi connectivity index (χ0n) is 10.2. The van der Waals surface area contributed by atoms with Crippen LogP contribution in [0.4, 0.5) is 11.4 Å². The lowest BCUT2D eigenvalue weighted by molar-refractivity contribution is -0.385. The van der Waals surface area contributed by atoms with Crippen LogP contribution in [0.1, 0.15) is 5.56 Å². The third-order valence-corrected chi connectivity index (χ3v) is 5.12. The molecule has 0 bridgehead atoms. The number of thioether (sulfide) groups is 1. The topological polar surface area (TPSA) is 69.2 Å². The molecule has 0 aromatic heterocycles. The highest BCUT2D eigenvalue weighted by Crippen LogP contribution is 2.34. The third-order valence-electron chi connectivity index (χ3n) is 2.58. The summed E-state index contributed by atoms with van der Waals surface area (Å²) < 4.78 is 1.59. The molecule has 0 unspecified atom stereocenters. The summed E-state index contributed by atoms with van der Waals surface area (Å²) in [7, 11) is 0. The molecule has 0 amide bonds. The van der Waals surface area contributed by atoms with E-state index < -0.39 is 0 Å². The molecule has 2 aromatic rings. The highest BCUT2D eigenvalue weighted by Gasteiger charge is 2.14. The van der Waals surface area contributed by atoms with Crippen molar-refractivity contribution < 1.29 is 4.92 Å². The van der Waals surface area contributed by atoms with Crippen LogP contribution in [-0.4, -0.2) is 4.92 Å².